The highest BCUT2D eigenvalue weighted by Gasteiger charge is 2.15. The van der Waals surface area contributed by atoms with Gasteiger partial charge in [-0.1, -0.05) is 75.5 Å². The van der Waals surface area contributed by atoms with Gasteiger partial charge in [-0.2, -0.15) is 0 Å². The zero-order valence-corrected chi connectivity index (χ0v) is 20.8. The van der Waals surface area contributed by atoms with Gasteiger partial charge in [-0.25, -0.2) is 0 Å². The highest BCUT2D eigenvalue weighted by atomic mass is 16.5. The zero-order valence-electron chi connectivity index (χ0n) is 20.8. The molecule has 0 aromatic heterocycles. The minimum absolute atomic E-state index is 0.0321. The van der Waals surface area contributed by atoms with Crippen LogP contribution in [-0.4, -0.2) is 29.1 Å². The Kier molecular flexibility index (Phi) is 15.1. The maximum Gasteiger partial charge on any atom is 0.303 e. The van der Waals surface area contributed by atoms with Crippen LogP contribution in [0.3, 0.4) is 0 Å². The number of carbonyl (C=O) groups excluding carboxylic acids is 2. The quantitative estimate of drug-likeness (QED) is 0.152. The van der Waals surface area contributed by atoms with Gasteiger partial charge >= 0.3 is 17.9 Å². The molecule has 0 bridgehead atoms. The van der Waals surface area contributed by atoms with Gasteiger partial charge in [-0.3, -0.25) is 14.4 Å². The summed E-state index contributed by atoms with van der Waals surface area (Å²) < 4.78 is 10.8. The second-order valence-corrected chi connectivity index (χ2v) is 8.50. The fourth-order valence-corrected chi connectivity index (χ4v) is 3.68. The molecule has 1 aromatic carbocycles. The van der Waals surface area contributed by atoms with Gasteiger partial charge in [0.15, 0.2) is 0 Å². The first-order chi connectivity index (χ1) is 16.3. The fraction of sp³-hybridized carbons (Fsp3) is 0.536. The Balaban J connectivity index is 2.72. The molecule has 34 heavy (non-hydrogen) atoms. The van der Waals surface area contributed by atoms with Crippen LogP contribution in [-0.2, 0) is 23.9 Å². The van der Waals surface area contributed by atoms with E-state index in [0.29, 0.717) is 12.8 Å². The number of aliphatic carboxylic acids is 1. The molecule has 0 radical (unpaired) electrons. The smallest absolute Gasteiger partial charge is 0.303 e. The maximum atomic E-state index is 11.5. The molecule has 188 valence electrons. The number of allylic oxidation sites excluding steroid dienone is 2. The third kappa shape index (κ3) is 14.3. The molecular formula is C28H40O6. The van der Waals surface area contributed by atoms with E-state index in [9.17, 15) is 14.4 Å². The lowest BCUT2D eigenvalue weighted by Crippen LogP contribution is -2.13. The first kappa shape index (κ1) is 29.1. The molecule has 0 amide bonds. The summed E-state index contributed by atoms with van der Waals surface area (Å²) in [7, 11) is 0. The van der Waals surface area contributed by atoms with Gasteiger partial charge in [0.1, 0.15) is 12.2 Å². The van der Waals surface area contributed by atoms with Crippen molar-refractivity contribution >= 4 is 24.0 Å². The van der Waals surface area contributed by atoms with Crippen molar-refractivity contribution in [2.24, 2.45) is 0 Å². The molecule has 0 saturated carbocycles. The Hall–Kier alpha value is -2.89. The molecule has 0 heterocycles. The minimum Gasteiger partial charge on any atom is -0.481 e. The maximum absolute atomic E-state index is 11.5. The summed E-state index contributed by atoms with van der Waals surface area (Å²) in [5, 5.41) is 8.87. The van der Waals surface area contributed by atoms with Gasteiger partial charge in [-0.05, 0) is 49.0 Å². The van der Waals surface area contributed by atoms with Crippen molar-refractivity contribution in [2.45, 2.75) is 97.2 Å². The van der Waals surface area contributed by atoms with E-state index in [1.54, 1.807) is 0 Å². The molecular weight excluding hydrogens is 432 g/mol. The number of hydrogen-bond acceptors (Lipinski definition) is 5. The van der Waals surface area contributed by atoms with Gasteiger partial charge < -0.3 is 14.6 Å². The SMILES string of the molecule is CCCCCCCCC(/C=C/C=C/c1cccc(C(CCCC(=O)O)OC(C)=O)c1)OC(C)=O. The first-order valence-corrected chi connectivity index (χ1v) is 12.3. The highest BCUT2D eigenvalue weighted by Crippen LogP contribution is 2.25. The van der Waals surface area contributed by atoms with E-state index < -0.39 is 18.0 Å². The average Bonchev–Trinajstić information content (AvgIpc) is 2.77. The van der Waals surface area contributed by atoms with E-state index in [4.69, 9.17) is 14.6 Å². The minimum atomic E-state index is -0.867. The van der Waals surface area contributed by atoms with Gasteiger partial charge in [0.25, 0.3) is 0 Å². The van der Waals surface area contributed by atoms with Gasteiger partial charge in [-0.15, -0.1) is 0 Å². The van der Waals surface area contributed by atoms with Gasteiger partial charge in [0, 0.05) is 20.3 Å². The number of ether oxygens (including phenoxy) is 2. The number of carbonyl (C=O) groups is 3. The molecule has 6 nitrogen and oxygen atoms in total. The molecule has 0 aliphatic heterocycles. The topological polar surface area (TPSA) is 89.9 Å². The molecule has 1 aromatic rings. The Labute approximate surface area is 204 Å². The van der Waals surface area contributed by atoms with Crippen LogP contribution in [0.2, 0.25) is 0 Å². The van der Waals surface area contributed by atoms with E-state index in [1.807, 2.05) is 48.6 Å². The van der Waals surface area contributed by atoms with Crippen molar-refractivity contribution in [3.63, 3.8) is 0 Å². The number of rotatable bonds is 17. The third-order valence-electron chi connectivity index (χ3n) is 5.33. The summed E-state index contributed by atoms with van der Waals surface area (Å²) >= 11 is 0. The second-order valence-electron chi connectivity index (χ2n) is 8.50. The van der Waals surface area contributed by atoms with E-state index in [0.717, 1.165) is 30.4 Å². The van der Waals surface area contributed by atoms with Crippen LogP contribution in [0, 0.1) is 0 Å². The second kappa shape index (κ2) is 17.6. The molecule has 0 saturated heterocycles. The molecule has 0 aliphatic carbocycles. The van der Waals surface area contributed by atoms with Crippen LogP contribution >= 0.6 is 0 Å². The highest BCUT2D eigenvalue weighted by molar-refractivity contribution is 5.67. The van der Waals surface area contributed by atoms with Crippen LogP contribution in [0.15, 0.2) is 42.5 Å². The zero-order chi connectivity index (χ0) is 25.2. The Morgan fingerprint density at radius 1 is 0.912 bits per heavy atom. The number of esters is 2. The lowest BCUT2D eigenvalue weighted by molar-refractivity contribution is -0.147. The monoisotopic (exact) mass is 472 g/mol. The van der Waals surface area contributed by atoms with Crippen molar-refractivity contribution < 1.29 is 29.0 Å². The molecule has 1 N–H and O–H groups in total. The molecule has 2 unspecified atom stereocenters. The molecule has 2 atom stereocenters. The summed E-state index contributed by atoms with van der Waals surface area (Å²) in [6.07, 6.45) is 15.7. The molecule has 0 aliphatic rings. The number of hydrogen-bond donors (Lipinski definition) is 1. The van der Waals surface area contributed by atoms with Crippen molar-refractivity contribution in [3.8, 4) is 0 Å². The largest absolute Gasteiger partial charge is 0.481 e. The number of unbranched alkanes of at least 4 members (excludes halogenated alkanes) is 5. The Morgan fingerprint density at radius 3 is 2.29 bits per heavy atom. The lowest BCUT2D eigenvalue weighted by atomic mass is 10.0. The van der Waals surface area contributed by atoms with E-state index >= 15 is 0 Å². The molecule has 1 rings (SSSR count). The van der Waals surface area contributed by atoms with Crippen molar-refractivity contribution in [2.75, 3.05) is 0 Å². The van der Waals surface area contributed by atoms with E-state index in [1.165, 1.54) is 39.5 Å². The third-order valence-corrected chi connectivity index (χ3v) is 5.33. The predicted octanol–water partition coefficient (Wildman–Crippen LogP) is 6.80. The van der Waals surface area contributed by atoms with Crippen molar-refractivity contribution in [3.05, 3.63) is 53.6 Å². The van der Waals surface area contributed by atoms with Crippen LogP contribution in [0.4, 0.5) is 0 Å². The van der Waals surface area contributed by atoms with Crippen LogP contribution in [0.25, 0.3) is 6.08 Å². The van der Waals surface area contributed by atoms with E-state index in [-0.39, 0.29) is 18.5 Å². The lowest BCUT2D eigenvalue weighted by Gasteiger charge is -2.17. The van der Waals surface area contributed by atoms with Crippen molar-refractivity contribution in [1.29, 1.82) is 0 Å². The normalized spacial score (nSPS) is 13.1. The fourth-order valence-electron chi connectivity index (χ4n) is 3.68. The Bertz CT molecular complexity index is 811. The number of carboxylic acid groups (broad SMARTS) is 1. The van der Waals surface area contributed by atoms with Gasteiger partial charge in [0.05, 0.1) is 0 Å². The number of carboxylic acids is 1. The standard InChI is InChI=1S/C28H40O6/c1-4-5-6-7-8-9-17-26(33-22(2)29)18-11-10-14-24-15-12-16-25(21-24)27(34-23(3)30)19-13-20-28(31)32/h10-12,14-16,18,21,26-27H,4-9,13,17,19-20H2,1-3H3,(H,31,32)/b14-10+,18-11+. The summed E-state index contributed by atoms with van der Waals surface area (Å²) in [5.41, 5.74) is 1.75. The summed E-state index contributed by atoms with van der Waals surface area (Å²) in [6, 6.07) is 7.62. The summed E-state index contributed by atoms with van der Waals surface area (Å²) in [6.45, 7) is 4.98. The summed E-state index contributed by atoms with van der Waals surface area (Å²) in [5.74, 6) is -1.54. The van der Waals surface area contributed by atoms with Crippen LogP contribution in [0.1, 0.15) is 102 Å². The summed E-state index contributed by atoms with van der Waals surface area (Å²) in [4.78, 5) is 33.7. The van der Waals surface area contributed by atoms with Crippen LogP contribution in [0.5, 0.6) is 0 Å². The van der Waals surface area contributed by atoms with Gasteiger partial charge in [0.2, 0.25) is 0 Å². The number of benzene rings is 1. The molecule has 0 spiro atoms. The molecule has 6 heteroatoms. The first-order valence-electron chi connectivity index (χ1n) is 12.3. The Morgan fingerprint density at radius 2 is 1.62 bits per heavy atom. The van der Waals surface area contributed by atoms with Crippen molar-refractivity contribution in [1.82, 2.24) is 0 Å². The molecule has 0 fully saturated rings. The van der Waals surface area contributed by atoms with E-state index in [2.05, 4.69) is 6.92 Å². The predicted molar refractivity (Wildman–Crippen MR) is 134 cm³/mol. The van der Waals surface area contributed by atoms with Crippen LogP contribution < -0.4 is 0 Å². The average molecular weight is 473 g/mol.